The van der Waals surface area contributed by atoms with Crippen LogP contribution in [0.3, 0.4) is 0 Å². The highest BCUT2D eigenvalue weighted by Gasteiger charge is 2.16. The molecule has 0 aliphatic heterocycles. The SMILES string of the molecule is COc1cc(C(C)=NNC(=O)C(=O)Nc2cc(Cl)cc(Cl)c2)ccc1OC(=O)c1ccccc1. The Hall–Kier alpha value is -3.88. The van der Waals surface area contributed by atoms with Crippen LogP contribution in [0.15, 0.2) is 71.8 Å². The third-order valence-corrected chi connectivity index (χ3v) is 4.88. The minimum absolute atomic E-state index is 0.219. The lowest BCUT2D eigenvalue weighted by molar-refractivity contribution is -0.136. The molecule has 3 aromatic rings. The minimum Gasteiger partial charge on any atom is -0.493 e. The van der Waals surface area contributed by atoms with Crippen molar-refractivity contribution in [2.24, 2.45) is 5.10 Å². The summed E-state index contributed by atoms with van der Waals surface area (Å²) < 4.78 is 10.7. The number of esters is 1. The second kappa shape index (κ2) is 11.3. The highest BCUT2D eigenvalue weighted by molar-refractivity contribution is 6.40. The summed E-state index contributed by atoms with van der Waals surface area (Å²) in [6.45, 7) is 1.62. The molecule has 34 heavy (non-hydrogen) atoms. The molecular weight excluding hydrogens is 481 g/mol. The van der Waals surface area contributed by atoms with Crippen LogP contribution in [0.2, 0.25) is 10.0 Å². The van der Waals surface area contributed by atoms with Gasteiger partial charge in [0.15, 0.2) is 11.5 Å². The van der Waals surface area contributed by atoms with Gasteiger partial charge in [0.05, 0.1) is 18.4 Å². The Kier molecular flexibility index (Phi) is 8.24. The second-order valence-electron chi connectivity index (χ2n) is 6.87. The molecule has 0 fully saturated rings. The zero-order valence-corrected chi connectivity index (χ0v) is 19.6. The quantitative estimate of drug-likeness (QED) is 0.168. The average Bonchev–Trinajstić information content (AvgIpc) is 2.82. The molecule has 0 aromatic heterocycles. The van der Waals surface area contributed by atoms with Crippen molar-refractivity contribution in [1.82, 2.24) is 5.43 Å². The molecule has 10 heteroatoms. The van der Waals surface area contributed by atoms with Gasteiger partial charge < -0.3 is 14.8 Å². The summed E-state index contributed by atoms with van der Waals surface area (Å²) in [6, 6.07) is 17.7. The summed E-state index contributed by atoms with van der Waals surface area (Å²) in [5.41, 5.74) is 3.79. The van der Waals surface area contributed by atoms with Crippen molar-refractivity contribution in [3.63, 3.8) is 0 Å². The summed E-state index contributed by atoms with van der Waals surface area (Å²) in [5.74, 6) is -1.96. The van der Waals surface area contributed by atoms with Gasteiger partial charge in [-0.25, -0.2) is 10.2 Å². The molecule has 2 amide bonds. The van der Waals surface area contributed by atoms with Crippen LogP contribution in [-0.2, 0) is 9.59 Å². The van der Waals surface area contributed by atoms with Crippen LogP contribution in [-0.4, -0.2) is 30.6 Å². The van der Waals surface area contributed by atoms with Crippen LogP contribution in [0.25, 0.3) is 0 Å². The number of amides is 2. The van der Waals surface area contributed by atoms with Crippen LogP contribution in [0, 0.1) is 0 Å². The van der Waals surface area contributed by atoms with Crippen molar-refractivity contribution in [3.8, 4) is 11.5 Å². The van der Waals surface area contributed by atoms with Gasteiger partial charge in [-0.15, -0.1) is 0 Å². The Labute approximate surface area is 205 Å². The van der Waals surface area contributed by atoms with Crippen LogP contribution < -0.4 is 20.2 Å². The molecule has 8 nitrogen and oxygen atoms in total. The maximum atomic E-state index is 12.3. The van der Waals surface area contributed by atoms with E-state index in [0.717, 1.165) is 0 Å². The number of anilines is 1. The Bertz CT molecular complexity index is 1240. The Morgan fingerprint density at radius 1 is 0.824 bits per heavy atom. The maximum Gasteiger partial charge on any atom is 0.343 e. The van der Waals surface area contributed by atoms with Crippen LogP contribution >= 0.6 is 23.2 Å². The number of carbonyl (C=O) groups is 3. The summed E-state index contributed by atoms with van der Waals surface area (Å²) in [7, 11) is 1.43. The molecular formula is C24H19Cl2N3O5. The fourth-order valence-corrected chi connectivity index (χ4v) is 3.30. The molecule has 0 aliphatic rings. The first-order valence-corrected chi connectivity index (χ1v) is 10.6. The normalized spacial score (nSPS) is 10.9. The van der Waals surface area contributed by atoms with Crippen molar-refractivity contribution in [1.29, 1.82) is 0 Å². The highest BCUT2D eigenvalue weighted by Crippen LogP contribution is 2.29. The summed E-state index contributed by atoms with van der Waals surface area (Å²) in [5, 5.41) is 6.95. The van der Waals surface area contributed by atoms with Gasteiger partial charge in [0.25, 0.3) is 0 Å². The maximum absolute atomic E-state index is 12.3. The molecule has 174 valence electrons. The number of benzene rings is 3. The van der Waals surface area contributed by atoms with Crippen molar-refractivity contribution in [2.75, 3.05) is 12.4 Å². The largest absolute Gasteiger partial charge is 0.493 e. The van der Waals surface area contributed by atoms with Crippen molar-refractivity contribution in [2.45, 2.75) is 6.92 Å². The predicted molar refractivity (Wildman–Crippen MR) is 130 cm³/mol. The molecule has 2 N–H and O–H groups in total. The van der Waals surface area contributed by atoms with Crippen LogP contribution in [0.1, 0.15) is 22.8 Å². The zero-order chi connectivity index (χ0) is 24.7. The van der Waals surface area contributed by atoms with Crippen LogP contribution in [0.4, 0.5) is 5.69 Å². The lowest BCUT2D eigenvalue weighted by Crippen LogP contribution is -2.32. The van der Waals surface area contributed by atoms with Crippen molar-refractivity contribution < 1.29 is 23.9 Å². The average molecular weight is 500 g/mol. The summed E-state index contributed by atoms with van der Waals surface area (Å²) in [6.07, 6.45) is 0. The molecule has 0 spiro atoms. The number of nitrogens with one attached hydrogen (secondary N) is 2. The second-order valence-corrected chi connectivity index (χ2v) is 7.74. The molecule has 3 aromatic carbocycles. The number of hydrogen-bond donors (Lipinski definition) is 2. The molecule has 0 saturated carbocycles. The molecule has 0 unspecified atom stereocenters. The fourth-order valence-electron chi connectivity index (χ4n) is 2.77. The smallest absolute Gasteiger partial charge is 0.343 e. The molecule has 0 atom stereocenters. The fraction of sp³-hybridized carbons (Fsp3) is 0.0833. The van der Waals surface area contributed by atoms with E-state index < -0.39 is 17.8 Å². The van der Waals surface area contributed by atoms with Gasteiger partial charge in [-0.05, 0) is 55.5 Å². The Morgan fingerprint density at radius 2 is 1.50 bits per heavy atom. The minimum atomic E-state index is -0.990. The van der Waals surface area contributed by atoms with E-state index in [0.29, 0.717) is 32.6 Å². The van der Waals surface area contributed by atoms with Gasteiger partial charge >= 0.3 is 17.8 Å². The third-order valence-electron chi connectivity index (χ3n) is 4.45. The molecule has 3 rings (SSSR count). The van der Waals surface area contributed by atoms with E-state index in [1.807, 2.05) is 0 Å². The first-order valence-electron chi connectivity index (χ1n) is 9.84. The van der Waals surface area contributed by atoms with E-state index in [1.165, 1.54) is 25.3 Å². The van der Waals surface area contributed by atoms with Crippen molar-refractivity contribution >= 4 is 52.4 Å². The molecule has 0 bridgehead atoms. The number of ether oxygens (including phenoxy) is 2. The van der Waals surface area contributed by atoms with Gasteiger partial charge in [-0.2, -0.15) is 5.10 Å². The lowest BCUT2D eigenvalue weighted by Gasteiger charge is -2.11. The first kappa shape index (κ1) is 24.8. The highest BCUT2D eigenvalue weighted by atomic mass is 35.5. The zero-order valence-electron chi connectivity index (χ0n) is 18.1. The number of rotatable bonds is 6. The molecule has 0 heterocycles. The number of carbonyl (C=O) groups excluding carboxylic acids is 3. The van der Waals surface area contributed by atoms with E-state index in [9.17, 15) is 14.4 Å². The monoisotopic (exact) mass is 499 g/mol. The van der Waals surface area contributed by atoms with E-state index in [4.69, 9.17) is 32.7 Å². The standard InChI is InChI=1S/C24H19Cl2N3O5/c1-14(28-29-23(31)22(30)27-19-12-17(25)11-18(26)13-19)16-8-9-20(21(10-16)33-2)34-24(32)15-6-4-3-5-7-15/h3-13H,1-2H3,(H,27,30)(H,29,31). The Balaban J connectivity index is 1.66. The topological polar surface area (TPSA) is 106 Å². The van der Waals surface area contributed by atoms with Crippen LogP contribution in [0.5, 0.6) is 11.5 Å². The lowest BCUT2D eigenvalue weighted by atomic mass is 10.1. The van der Waals surface area contributed by atoms with E-state index in [1.54, 1.807) is 55.5 Å². The summed E-state index contributed by atoms with van der Waals surface area (Å²) in [4.78, 5) is 36.5. The van der Waals surface area contributed by atoms with Gasteiger partial charge in [0, 0.05) is 21.3 Å². The van der Waals surface area contributed by atoms with E-state index in [-0.39, 0.29) is 11.4 Å². The summed E-state index contributed by atoms with van der Waals surface area (Å²) >= 11 is 11.8. The number of methoxy groups -OCH3 is 1. The number of hydrogen-bond acceptors (Lipinski definition) is 6. The van der Waals surface area contributed by atoms with Gasteiger partial charge in [-0.3, -0.25) is 9.59 Å². The number of hydrazone groups is 1. The van der Waals surface area contributed by atoms with Gasteiger partial charge in [-0.1, -0.05) is 41.4 Å². The Morgan fingerprint density at radius 3 is 2.15 bits per heavy atom. The molecule has 0 aliphatic carbocycles. The molecule has 0 saturated heterocycles. The first-order chi connectivity index (χ1) is 16.3. The predicted octanol–water partition coefficient (Wildman–Crippen LogP) is 4.70. The van der Waals surface area contributed by atoms with Gasteiger partial charge in [0.1, 0.15) is 0 Å². The van der Waals surface area contributed by atoms with Crippen molar-refractivity contribution in [3.05, 3.63) is 87.9 Å². The number of halogens is 2. The van der Waals surface area contributed by atoms with E-state index in [2.05, 4.69) is 15.8 Å². The number of nitrogens with zero attached hydrogens (tertiary/aromatic N) is 1. The third kappa shape index (κ3) is 6.57. The van der Waals surface area contributed by atoms with E-state index >= 15 is 0 Å². The molecule has 0 radical (unpaired) electrons. The van der Waals surface area contributed by atoms with Gasteiger partial charge in [0.2, 0.25) is 0 Å².